The molecule has 0 bridgehead atoms. The highest BCUT2D eigenvalue weighted by Gasteiger charge is 2.28. The number of nitrogens with one attached hydrogen (secondary N) is 2. The van der Waals surface area contributed by atoms with Gasteiger partial charge in [-0.05, 0) is 47.0 Å². The van der Waals surface area contributed by atoms with Gasteiger partial charge in [0.05, 0.1) is 6.20 Å². The minimum Gasteiger partial charge on any atom is -0.444 e. The second kappa shape index (κ2) is 6.30. The molecule has 0 unspecified atom stereocenters. The molecule has 1 fully saturated rings. The van der Waals surface area contributed by atoms with Crippen LogP contribution in [-0.4, -0.2) is 38.4 Å². The molecule has 2 heterocycles. The molecular weight excluding hydrogens is 306 g/mol. The first-order valence-electron chi connectivity index (χ1n) is 8.37. The second-order valence-corrected chi connectivity index (χ2v) is 7.38. The number of carbonyl (C=O) groups excluding carboxylic acids is 1. The molecule has 7 nitrogen and oxygen atoms in total. The van der Waals surface area contributed by atoms with Gasteiger partial charge in [0.1, 0.15) is 11.4 Å². The zero-order chi connectivity index (χ0) is 17.3. The van der Waals surface area contributed by atoms with Gasteiger partial charge in [0, 0.05) is 29.9 Å². The molecule has 1 aliphatic rings. The van der Waals surface area contributed by atoms with Crippen molar-refractivity contribution in [1.29, 1.82) is 0 Å². The summed E-state index contributed by atoms with van der Waals surface area (Å²) in [6, 6.07) is 4.31. The van der Waals surface area contributed by atoms with Crippen molar-refractivity contribution < 1.29 is 9.53 Å². The SMILES string of the molecule is Cc1cc(N[C@@H]2CC[C@H](NC(=O)OC(C)(C)C)C2)n2nccc2n1. The Bertz CT molecular complexity index is 734. The fourth-order valence-electron chi connectivity index (χ4n) is 3.07. The first kappa shape index (κ1) is 16.5. The number of alkyl carbamates (subject to hydrolysis) is 1. The minimum absolute atomic E-state index is 0.133. The van der Waals surface area contributed by atoms with Crippen molar-refractivity contribution in [2.24, 2.45) is 0 Å². The fraction of sp³-hybridized carbons (Fsp3) is 0.588. The quantitative estimate of drug-likeness (QED) is 0.904. The summed E-state index contributed by atoms with van der Waals surface area (Å²) in [7, 11) is 0. The Kier molecular flexibility index (Phi) is 4.34. The third kappa shape index (κ3) is 3.96. The van der Waals surface area contributed by atoms with Crippen LogP contribution in [0.25, 0.3) is 5.65 Å². The number of hydrogen-bond donors (Lipinski definition) is 2. The Balaban J connectivity index is 1.60. The number of hydrogen-bond acceptors (Lipinski definition) is 5. The van der Waals surface area contributed by atoms with Crippen LogP contribution in [0, 0.1) is 6.92 Å². The van der Waals surface area contributed by atoms with Gasteiger partial charge in [-0.15, -0.1) is 0 Å². The number of aryl methyl sites for hydroxylation is 1. The Morgan fingerprint density at radius 2 is 2.08 bits per heavy atom. The predicted octanol–water partition coefficient (Wildman–Crippen LogP) is 2.90. The first-order chi connectivity index (χ1) is 11.3. The summed E-state index contributed by atoms with van der Waals surface area (Å²) in [5.74, 6) is 0.936. The maximum absolute atomic E-state index is 11.9. The first-order valence-corrected chi connectivity index (χ1v) is 8.37. The van der Waals surface area contributed by atoms with Crippen LogP contribution >= 0.6 is 0 Å². The van der Waals surface area contributed by atoms with Gasteiger partial charge in [-0.25, -0.2) is 9.78 Å². The molecule has 0 saturated heterocycles. The zero-order valence-corrected chi connectivity index (χ0v) is 14.7. The van der Waals surface area contributed by atoms with E-state index in [-0.39, 0.29) is 12.1 Å². The molecule has 0 aromatic carbocycles. The molecule has 130 valence electrons. The Morgan fingerprint density at radius 3 is 2.83 bits per heavy atom. The molecule has 2 N–H and O–H groups in total. The Labute approximate surface area is 141 Å². The van der Waals surface area contributed by atoms with Crippen LogP contribution < -0.4 is 10.6 Å². The minimum atomic E-state index is -0.472. The summed E-state index contributed by atoms with van der Waals surface area (Å²) >= 11 is 0. The largest absolute Gasteiger partial charge is 0.444 e. The zero-order valence-electron chi connectivity index (χ0n) is 14.7. The molecule has 2 aromatic heterocycles. The highest BCUT2D eigenvalue weighted by atomic mass is 16.6. The summed E-state index contributed by atoms with van der Waals surface area (Å²) in [4.78, 5) is 16.3. The maximum atomic E-state index is 11.9. The fourth-order valence-corrected chi connectivity index (χ4v) is 3.07. The van der Waals surface area contributed by atoms with Crippen molar-refractivity contribution in [3.05, 3.63) is 24.0 Å². The normalized spacial score (nSPS) is 21.0. The standard InChI is InChI=1S/C17H25N5O2/c1-11-9-15(22-14(19-11)7-8-18-22)20-12-5-6-13(10-12)21-16(23)24-17(2,3)4/h7-9,12-13,20H,5-6,10H2,1-4H3,(H,21,23)/t12-,13+/m1/s1. The number of ether oxygens (including phenoxy) is 1. The van der Waals surface area contributed by atoms with Gasteiger partial charge in [0.2, 0.25) is 0 Å². The summed E-state index contributed by atoms with van der Waals surface area (Å²) in [6.45, 7) is 7.58. The van der Waals surface area contributed by atoms with Gasteiger partial charge >= 0.3 is 6.09 Å². The van der Waals surface area contributed by atoms with Crippen LogP contribution in [0.1, 0.15) is 45.7 Å². The third-order valence-electron chi connectivity index (χ3n) is 3.99. The molecule has 0 spiro atoms. The molecule has 24 heavy (non-hydrogen) atoms. The summed E-state index contributed by atoms with van der Waals surface area (Å²) in [5, 5.41) is 10.8. The van der Waals surface area contributed by atoms with E-state index in [2.05, 4.69) is 20.7 Å². The third-order valence-corrected chi connectivity index (χ3v) is 3.99. The van der Waals surface area contributed by atoms with Gasteiger partial charge in [0.15, 0.2) is 5.65 Å². The van der Waals surface area contributed by atoms with Crippen LogP contribution in [0.4, 0.5) is 10.6 Å². The molecule has 2 aromatic rings. The van der Waals surface area contributed by atoms with Crippen LogP contribution in [-0.2, 0) is 4.74 Å². The van der Waals surface area contributed by atoms with Crippen LogP contribution in [0.2, 0.25) is 0 Å². The summed E-state index contributed by atoms with van der Waals surface area (Å²) in [6.07, 6.45) is 4.19. The number of nitrogens with zero attached hydrogens (tertiary/aromatic N) is 3. The van der Waals surface area contributed by atoms with Crippen molar-refractivity contribution in [2.45, 2.75) is 64.6 Å². The predicted molar refractivity (Wildman–Crippen MR) is 92.1 cm³/mol. The highest BCUT2D eigenvalue weighted by molar-refractivity contribution is 5.68. The average molecular weight is 331 g/mol. The smallest absolute Gasteiger partial charge is 0.407 e. The van der Waals surface area contributed by atoms with Gasteiger partial charge in [-0.2, -0.15) is 9.61 Å². The van der Waals surface area contributed by atoms with E-state index < -0.39 is 5.60 Å². The topological polar surface area (TPSA) is 80.5 Å². The second-order valence-electron chi connectivity index (χ2n) is 7.38. The van der Waals surface area contributed by atoms with Crippen molar-refractivity contribution in [3.63, 3.8) is 0 Å². The van der Waals surface area contributed by atoms with Gasteiger partial charge in [-0.1, -0.05) is 0 Å². The van der Waals surface area contributed by atoms with E-state index in [1.807, 2.05) is 44.3 Å². The lowest BCUT2D eigenvalue weighted by Crippen LogP contribution is -2.38. The van der Waals surface area contributed by atoms with Crippen molar-refractivity contribution in [2.75, 3.05) is 5.32 Å². The number of rotatable bonds is 3. The van der Waals surface area contributed by atoms with E-state index in [4.69, 9.17) is 4.74 Å². The van der Waals surface area contributed by atoms with E-state index in [1.54, 1.807) is 6.20 Å². The van der Waals surface area contributed by atoms with Gasteiger partial charge in [-0.3, -0.25) is 0 Å². The monoisotopic (exact) mass is 331 g/mol. The molecule has 3 rings (SSSR count). The molecule has 1 saturated carbocycles. The van der Waals surface area contributed by atoms with Crippen LogP contribution in [0.5, 0.6) is 0 Å². The lowest BCUT2D eigenvalue weighted by atomic mass is 10.2. The van der Waals surface area contributed by atoms with Crippen LogP contribution in [0.15, 0.2) is 18.3 Å². The van der Waals surface area contributed by atoms with Gasteiger partial charge in [0.25, 0.3) is 0 Å². The molecular formula is C17H25N5O2. The average Bonchev–Trinajstić information content (AvgIpc) is 3.05. The molecule has 1 aliphatic carbocycles. The number of anilines is 1. The number of amides is 1. The number of carbonyl (C=O) groups is 1. The molecule has 7 heteroatoms. The Morgan fingerprint density at radius 1 is 1.33 bits per heavy atom. The van der Waals surface area contributed by atoms with E-state index in [9.17, 15) is 4.79 Å². The molecule has 2 atom stereocenters. The van der Waals surface area contributed by atoms with E-state index >= 15 is 0 Å². The number of fused-ring (bicyclic) bond motifs is 1. The van der Waals surface area contributed by atoms with Crippen molar-refractivity contribution in [1.82, 2.24) is 19.9 Å². The highest BCUT2D eigenvalue weighted by Crippen LogP contribution is 2.24. The van der Waals surface area contributed by atoms with E-state index in [1.165, 1.54) is 0 Å². The van der Waals surface area contributed by atoms with Crippen LogP contribution in [0.3, 0.4) is 0 Å². The summed E-state index contributed by atoms with van der Waals surface area (Å²) < 4.78 is 7.13. The van der Waals surface area contributed by atoms with E-state index in [0.717, 1.165) is 36.4 Å². The lowest BCUT2D eigenvalue weighted by molar-refractivity contribution is 0.0505. The summed E-state index contributed by atoms with van der Waals surface area (Å²) in [5.41, 5.74) is 1.31. The maximum Gasteiger partial charge on any atom is 0.407 e. The number of aromatic nitrogens is 3. The molecule has 0 radical (unpaired) electrons. The molecule has 0 aliphatic heterocycles. The Hall–Kier alpha value is -2.31. The van der Waals surface area contributed by atoms with Crippen molar-refractivity contribution >= 4 is 17.6 Å². The van der Waals surface area contributed by atoms with Gasteiger partial charge < -0.3 is 15.4 Å². The molecule has 1 amide bonds. The lowest BCUT2D eigenvalue weighted by Gasteiger charge is -2.22. The van der Waals surface area contributed by atoms with E-state index in [0.29, 0.717) is 6.04 Å². The van der Waals surface area contributed by atoms with Crippen molar-refractivity contribution in [3.8, 4) is 0 Å².